The summed E-state index contributed by atoms with van der Waals surface area (Å²) in [4.78, 5) is 16.8. The topological polar surface area (TPSA) is 76.1 Å². The average Bonchev–Trinajstić information content (AvgIpc) is 2.86. The van der Waals surface area contributed by atoms with Crippen LogP contribution < -0.4 is 5.32 Å². The zero-order valence-corrected chi connectivity index (χ0v) is 14.4. The maximum Gasteiger partial charge on any atom is 0.233 e. The van der Waals surface area contributed by atoms with Crippen LogP contribution in [0.25, 0.3) is 10.9 Å². The van der Waals surface area contributed by atoms with Crippen molar-refractivity contribution >= 4 is 38.4 Å². The number of carbonyl (C=O) groups excluding carboxylic acids is 1. The summed E-state index contributed by atoms with van der Waals surface area (Å²) in [7, 11) is -2.98. The van der Waals surface area contributed by atoms with Gasteiger partial charge in [0.2, 0.25) is 5.91 Å². The summed E-state index contributed by atoms with van der Waals surface area (Å²) in [6, 6.07) is 11.4. The van der Waals surface area contributed by atoms with Crippen LogP contribution in [0, 0.1) is 0 Å². The first-order chi connectivity index (χ1) is 10.9. The molecule has 2 heterocycles. The highest BCUT2D eigenvalue weighted by Gasteiger charge is 2.30. The number of aromatic nitrogens is 1. The standard InChI is InChI=1S/C16H18N2O3S2/c1-11(16(19)17-13-8-9-23(20,21)10-13)22-15-7-6-12-4-2-3-5-14(12)18-15/h2-7,11,13H,8-10H2,1H3,(H,17,19). The van der Waals surface area contributed by atoms with Crippen molar-refractivity contribution in [3.05, 3.63) is 36.4 Å². The summed E-state index contributed by atoms with van der Waals surface area (Å²) in [5, 5.41) is 4.34. The highest BCUT2D eigenvalue weighted by Crippen LogP contribution is 2.24. The van der Waals surface area contributed by atoms with Gasteiger partial charge in [0.15, 0.2) is 9.84 Å². The number of para-hydroxylation sites is 1. The molecule has 0 bridgehead atoms. The van der Waals surface area contributed by atoms with E-state index in [2.05, 4.69) is 10.3 Å². The minimum absolute atomic E-state index is 0.0460. The van der Waals surface area contributed by atoms with E-state index < -0.39 is 9.84 Å². The maximum absolute atomic E-state index is 12.2. The van der Waals surface area contributed by atoms with Crippen molar-refractivity contribution in [2.45, 2.75) is 29.7 Å². The molecule has 0 spiro atoms. The van der Waals surface area contributed by atoms with Gasteiger partial charge >= 0.3 is 0 Å². The molecule has 7 heteroatoms. The quantitative estimate of drug-likeness (QED) is 0.854. The first kappa shape index (κ1) is 16.3. The molecule has 1 fully saturated rings. The van der Waals surface area contributed by atoms with Crippen molar-refractivity contribution in [3.63, 3.8) is 0 Å². The number of nitrogens with one attached hydrogen (secondary N) is 1. The Bertz CT molecular complexity index is 836. The molecule has 5 nitrogen and oxygen atoms in total. The second-order valence-electron chi connectivity index (χ2n) is 5.71. The van der Waals surface area contributed by atoms with Crippen LogP contribution in [-0.4, -0.2) is 42.1 Å². The zero-order valence-electron chi connectivity index (χ0n) is 12.7. The summed E-state index contributed by atoms with van der Waals surface area (Å²) in [6.45, 7) is 1.81. The van der Waals surface area contributed by atoms with Crippen molar-refractivity contribution < 1.29 is 13.2 Å². The molecule has 2 unspecified atom stereocenters. The van der Waals surface area contributed by atoms with Crippen LogP contribution in [-0.2, 0) is 14.6 Å². The number of benzene rings is 1. The molecule has 23 heavy (non-hydrogen) atoms. The van der Waals surface area contributed by atoms with Crippen LogP contribution in [0.2, 0.25) is 0 Å². The fourth-order valence-electron chi connectivity index (χ4n) is 2.57. The first-order valence-corrected chi connectivity index (χ1v) is 10.2. The van der Waals surface area contributed by atoms with Gasteiger partial charge in [0, 0.05) is 11.4 Å². The number of hydrogen-bond acceptors (Lipinski definition) is 5. The van der Waals surface area contributed by atoms with E-state index >= 15 is 0 Å². The third-order valence-corrected chi connectivity index (χ3v) is 6.62. The van der Waals surface area contributed by atoms with Crippen LogP contribution in [0.5, 0.6) is 0 Å². The lowest BCUT2D eigenvalue weighted by atomic mass is 10.2. The van der Waals surface area contributed by atoms with Crippen molar-refractivity contribution in [1.82, 2.24) is 10.3 Å². The van der Waals surface area contributed by atoms with Gasteiger partial charge in [0.1, 0.15) is 0 Å². The maximum atomic E-state index is 12.2. The van der Waals surface area contributed by atoms with Gasteiger partial charge in [-0.3, -0.25) is 4.79 Å². The number of rotatable bonds is 4. The number of carbonyl (C=O) groups is 1. The van der Waals surface area contributed by atoms with Crippen molar-refractivity contribution in [3.8, 4) is 0 Å². The first-order valence-electron chi connectivity index (χ1n) is 7.46. The fraction of sp³-hybridized carbons (Fsp3) is 0.375. The lowest BCUT2D eigenvalue weighted by Crippen LogP contribution is -2.39. The van der Waals surface area contributed by atoms with E-state index in [9.17, 15) is 13.2 Å². The van der Waals surface area contributed by atoms with Crippen molar-refractivity contribution in [2.24, 2.45) is 0 Å². The van der Waals surface area contributed by atoms with Gasteiger partial charge in [-0.15, -0.1) is 0 Å². The average molecular weight is 350 g/mol. The van der Waals surface area contributed by atoms with E-state index in [0.29, 0.717) is 6.42 Å². The van der Waals surface area contributed by atoms with Gasteiger partial charge in [-0.2, -0.15) is 0 Å². The molecule has 1 aromatic heterocycles. The molecule has 0 aliphatic carbocycles. The Morgan fingerprint density at radius 1 is 1.30 bits per heavy atom. The molecule has 0 radical (unpaired) electrons. The van der Waals surface area contributed by atoms with E-state index in [0.717, 1.165) is 15.9 Å². The lowest BCUT2D eigenvalue weighted by molar-refractivity contribution is -0.120. The van der Waals surface area contributed by atoms with E-state index in [1.165, 1.54) is 11.8 Å². The number of pyridine rings is 1. The Kier molecular flexibility index (Phi) is 4.59. The molecule has 1 saturated heterocycles. The summed E-state index contributed by atoms with van der Waals surface area (Å²) in [5.74, 6) is 0.0582. The minimum Gasteiger partial charge on any atom is -0.351 e. The number of thioether (sulfide) groups is 1. The summed E-state index contributed by atoms with van der Waals surface area (Å²) < 4.78 is 22.9. The summed E-state index contributed by atoms with van der Waals surface area (Å²) in [5.41, 5.74) is 0.895. The number of amides is 1. The molecular formula is C16H18N2O3S2. The normalized spacial score (nSPS) is 21.2. The molecular weight excluding hydrogens is 332 g/mol. The highest BCUT2D eigenvalue weighted by atomic mass is 32.2. The van der Waals surface area contributed by atoms with Crippen LogP contribution in [0.3, 0.4) is 0 Å². The monoisotopic (exact) mass is 350 g/mol. The van der Waals surface area contributed by atoms with Gasteiger partial charge < -0.3 is 5.32 Å². The molecule has 1 aromatic carbocycles. The Labute approximate surface area is 139 Å². The lowest BCUT2D eigenvalue weighted by Gasteiger charge is -2.15. The van der Waals surface area contributed by atoms with Gasteiger partial charge in [-0.25, -0.2) is 13.4 Å². The van der Waals surface area contributed by atoms with E-state index in [-0.39, 0.29) is 28.7 Å². The molecule has 1 aliphatic rings. The number of nitrogens with zero attached hydrogens (tertiary/aromatic N) is 1. The van der Waals surface area contributed by atoms with Gasteiger partial charge in [0.05, 0.1) is 27.3 Å². The Morgan fingerprint density at radius 3 is 2.83 bits per heavy atom. The Balaban J connectivity index is 1.63. The number of sulfone groups is 1. The SMILES string of the molecule is CC(Sc1ccc2ccccc2n1)C(=O)NC1CCS(=O)(=O)C1. The summed E-state index contributed by atoms with van der Waals surface area (Å²) >= 11 is 1.38. The Hall–Kier alpha value is -1.60. The predicted molar refractivity (Wildman–Crippen MR) is 92.3 cm³/mol. The summed E-state index contributed by atoms with van der Waals surface area (Å²) in [6.07, 6.45) is 0.500. The van der Waals surface area contributed by atoms with Gasteiger partial charge in [0.25, 0.3) is 0 Å². The zero-order chi connectivity index (χ0) is 16.4. The predicted octanol–water partition coefficient (Wildman–Crippen LogP) is 2.02. The van der Waals surface area contributed by atoms with Crippen LogP contribution in [0.15, 0.2) is 41.4 Å². The smallest absolute Gasteiger partial charge is 0.233 e. The third kappa shape index (κ3) is 4.03. The number of hydrogen-bond donors (Lipinski definition) is 1. The minimum atomic E-state index is -2.98. The largest absolute Gasteiger partial charge is 0.351 e. The number of fused-ring (bicyclic) bond motifs is 1. The molecule has 1 N–H and O–H groups in total. The second kappa shape index (κ2) is 6.49. The van der Waals surface area contributed by atoms with E-state index in [4.69, 9.17) is 0 Å². The van der Waals surface area contributed by atoms with Crippen LogP contribution in [0.1, 0.15) is 13.3 Å². The molecule has 1 aliphatic heterocycles. The highest BCUT2D eigenvalue weighted by molar-refractivity contribution is 8.00. The second-order valence-corrected chi connectivity index (χ2v) is 9.30. The third-order valence-electron chi connectivity index (χ3n) is 3.82. The van der Waals surface area contributed by atoms with Crippen molar-refractivity contribution in [2.75, 3.05) is 11.5 Å². The van der Waals surface area contributed by atoms with Crippen LogP contribution >= 0.6 is 11.8 Å². The van der Waals surface area contributed by atoms with Gasteiger partial charge in [-0.05, 0) is 25.5 Å². The van der Waals surface area contributed by atoms with Crippen LogP contribution in [0.4, 0.5) is 0 Å². The molecule has 2 atom stereocenters. The molecule has 0 saturated carbocycles. The Morgan fingerprint density at radius 2 is 2.09 bits per heavy atom. The fourth-order valence-corrected chi connectivity index (χ4v) is 5.08. The molecule has 122 valence electrons. The van der Waals surface area contributed by atoms with E-state index in [1.54, 1.807) is 6.92 Å². The molecule has 1 amide bonds. The van der Waals surface area contributed by atoms with Crippen molar-refractivity contribution in [1.29, 1.82) is 0 Å². The van der Waals surface area contributed by atoms with Gasteiger partial charge in [-0.1, -0.05) is 36.0 Å². The molecule has 3 rings (SSSR count). The molecule has 2 aromatic rings. The van der Waals surface area contributed by atoms with E-state index in [1.807, 2.05) is 36.4 Å².